The van der Waals surface area contributed by atoms with Gasteiger partial charge in [-0.05, 0) is 25.1 Å². The number of hydrogen-bond donors (Lipinski definition) is 1. The first-order valence-corrected chi connectivity index (χ1v) is 7.93. The van der Waals surface area contributed by atoms with Crippen LogP contribution in [0.15, 0.2) is 29.2 Å². The molecule has 20 heavy (non-hydrogen) atoms. The molecular formula is C13H20N2O4S. The van der Waals surface area contributed by atoms with E-state index in [9.17, 15) is 13.2 Å². The van der Waals surface area contributed by atoms with E-state index in [1.165, 1.54) is 28.6 Å². The minimum atomic E-state index is -3.57. The molecule has 0 aliphatic heterocycles. The highest BCUT2D eigenvalue weighted by Gasteiger charge is 2.22. The number of rotatable bonds is 7. The number of amides is 1. The summed E-state index contributed by atoms with van der Waals surface area (Å²) in [6.45, 7) is 6.38. The van der Waals surface area contributed by atoms with Gasteiger partial charge >= 0.3 is 0 Å². The maximum Gasteiger partial charge on any atom is 0.274 e. The van der Waals surface area contributed by atoms with Gasteiger partial charge in [-0.1, -0.05) is 19.9 Å². The van der Waals surface area contributed by atoms with E-state index in [1.807, 2.05) is 0 Å². The Hall–Kier alpha value is -1.44. The Morgan fingerprint density at radius 3 is 2.45 bits per heavy atom. The molecule has 0 fully saturated rings. The number of nitrogens with zero attached hydrogens (tertiary/aromatic N) is 1. The molecule has 1 aromatic rings. The predicted octanol–water partition coefficient (Wildman–Crippen LogP) is 1.40. The summed E-state index contributed by atoms with van der Waals surface area (Å²) in [6.07, 6.45) is 0. The molecule has 0 heterocycles. The summed E-state index contributed by atoms with van der Waals surface area (Å²) in [7, 11) is -3.57. The fraction of sp³-hybridized carbons (Fsp3) is 0.462. The Morgan fingerprint density at radius 1 is 1.25 bits per heavy atom. The van der Waals surface area contributed by atoms with Crippen molar-refractivity contribution in [3.05, 3.63) is 29.8 Å². The highest BCUT2D eigenvalue weighted by atomic mass is 32.2. The van der Waals surface area contributed by atoms with E-state index in [0.717, 1.165) is 0 Å². The van der Waals surface area contributed by atoms with Gasteiger partial charge in [-0.3, -0.25) is 9.63 Å². The van der Waals surface area contributed by atoms with Crippen LogP contribution in [-0.4, -0.2) is 38.3 Å². The second kappa shape index (κ2) is 7.37. The Bertz CT molecular complexity index is 553. The van der Waals surface area contributed by atoms with Crippen molar-refractivity contribution in [1.82, 2.24) is 9.79 Å². The van der Waals surface area contributed by atoms with Gasteiger partial charge in [-0.2, -0.15) is 4.31 Å². The zero-order valence-corrected chi connectivity index (χ0v) is 12.7. The van der Waals surface area contributed by atoms with E-state index in [0.29, 0.717) is 19.7 Å². The number of benzene rings is 1. The van der Waals surface area contributed by atoms with Crippen LogP contribution in [0.2, 0.25) is 0 Å². The molecule has 0 unspecified atom stereocenters. The first-order chi connectivity index (χ1) is 9.47. The lowest BCUT2D eigenvalue weighted by Gasteiger charge is -2.18. The molecule has 1 aromatic carbocycles. The van der Waals surface area contributed by atoms with Gasteiger partial charge < -0.3 is 0 Å². The average Bonchev–Trinajstić information content (AvgIpc) is 2.46. The number of hydroxylamine groups is 1. The van der Waals surface area contributed by atoms with E-state index in [1.54, 1.807) is 20.8 Å². The molecule has 6 nitrogen and oxygen atoms in total. The molecule has 0 spiro atoms. The van der Waals surface area contributed by atoms with Crippen LogP contribution in [-0.2, 0) is 14.9 Å². The summed E-state index contributed by atoms with van der Waals surface area (Å²) >= 11 is 0. The highest BCUT2D eigenvalue weighted by molar-refractivity contribution is 7.89. The van der Waals surface area contributed by atoms with E-state index >= 15 is 0 Å². The van der Waals surface area contributed by atoms with Crippen molar-refractivity contribution in [2.45, 2.75) is 25.7 Å². The van der Waals surface area contributed by atoms with Crippen LogP contribution in [0.4, 0.5) is 0 Å². The van der Waals surface area contributed by atoms with Crippen LogP contribution >= 0.6 is 0 Å². The van der Waals surface area contributed by atoms with Crippen LogP contribution in [0.25, 0.3) is 0 Å². The minimum Gasteiger partial charge on any atom is -0.274 e. The summed E-state index contributed by atoms with van der Waals surface area (Å²) < 4.78 is 26.0. The number of carbonyl (C=O) groups excluding carboxylic acids is 1. The Labute approximate surface area is 119 Å². The van der Waals surface area contributed by atoms with Gasteiger partial charge in [-0.25, -0.2) is 13.9 Å². The topological polar surface area (TPSA) is 75.7 Å². The van der Waals surface area contributed by atoms with Gasteiger partial charge in [0.2, 0.25) is 10.0 Å². The molecule has 0 saturated heterocycles. The standard InChI is InChI=1S/C13H20N2O4S/c1-4-15(5-2)20(17,18)12-9-7-8-11(10-12)13(16)14-19-6-3/h7-10H,4-6H2,1-3H3,(H,14,16). The summed E-state index contributed by atoms with van der Waals surface area (Å²) in [5.74, 6) is -0.469. The second-order valence-electron chi connectivity index (χ2n) is 3.98. The fourth-order valence-electron chi connectivity index (χ4n) is 1.71. The minimum absolute atomic E-state index is 0.102. The molecule has 0 atom stereocenters. The van der Waals surface area contributed by atoms with Crippen molar-refractivity contribution in [2.75, 3.05) is 19.7 Å². The number of carbonyl (C=O) groups is 1. The quantitative estimate of drug-likeness (QED) is 0.772. The molecule has 0 saturated carbocycles. The molecule has 1 N–H and O–H groups in total. The van der Waals surface area contributed by atoms with Gasteiger partial charge in [0.1, 0.15) is 0 Å². The van der Waals surface area contributed by atoms with Crippen molar-refractivity contribution in [1.29, 1.82) is 0 Å². The Balaban J connectivity index is 3.07. The maximum absolute atomic E-state index is 12.3. The molecule has 0 bridgehead atoms. The molecule has 1 amide bonds. The lowest BCUT2D eigenvalue weighted by Crippen LogP contribution is -2.31. The molecule has 7 heteroatoms. The van der Waals surface area contributed by atoms with Crippen molar-refractivity contribution in [3.8, 4) is 0 Å². The zero-order chi connectivity index (χ0) is 15.2. The Morgan fingerprint density at radius 2 is 1.90 bits per heavy atom. The SMILES string of the molecule is CCONC(=O)c1cccc(S(=O)(=O)N(CC)CC)c1. The smallest absolute Gasteiger partial charge is 0.274 e. The molecule has 112 valence electrons. The van der Waals surface area contributed by atoms with Crippen LogP contribution < -0.4 is 5.48 Å². The molecule has 0 aliphatic carbocycles. The molecule has 0 radical (unpaired) electrons. The third-order valence-electron chi connectivity index (χ3n) is 2.75. The lowest BCUT2D eigenvalue weighted by molar-refractivity contribution is 0.0364. The number of sulfonamides is 1. The van der Waals surface area contributed by atoms with E-state index in [-0.39, 0.29) is 10.5 Å². The monoisotopic (exact) mass is 300 g/mol. The van der Waals surface area contributed by atoms with E-state index < -0.39 is 15.9 Å². The van der Waals surface area contributed by atoms with Crippen LogP contribution in [0, 0.1) is 0 Å². The van der Waals surface area contributed by atoms with E-state index in [4.69, 9.17) is 4.84 Å². The first-order valence-electron chi connectivity index (χ1n) is 6.49. The summed E-state index contributed by atoms with van der Waals surface area (Å²) in [6, 6.07) is 5.90. The maximum atomic E-state index is 12.3. The molecule has 0 aliphatic rings. The number of nitrogens with one attached hydrogen (secondary N) is 1. The predicted molar refractivity (Wildman–Crippen MR) is 75.6 cm³/mol. The van der Waals surface area contributed by atoms with Gasteiger partial charge in [-0.15, -0.1) is 0 Å². The second-order valence-corrected chi connectivity index (χ2v) is 5.92. The van der Waals surface area contributed by atoms with Crippen molar-refractivity contribution in [3.63, 3.8) is 0 Å². The number of hydrogen-bond acceptors (Lipinski definition) is 4. The van der Waals surface area contributed by atoms with E-state index in [2.05, 4.69) is 5.48 Å². The highest BCUT2D eigenvalue weighted by Crippen LogP contribution is 2.16. The molecular weight excluding hydrogens is 280 g/mol. The van der Waals surface area contributed by atoms with Crippen molar-refractivity contribution < 1.29 is 18.0 Å². The van der Waals surface area contributed by atoms with Gasteiger partial charge in [0, 0.05) is 18.7 Å². The van der Waals surface area contributed by atoms with Crippen LogP contribution in [0.1, 0.15) is 31.1 Å². The summed E-state index contributed by atoms with van der Waals surface area (Å²) in [5, 5.41) is 0. The normalized spacial score (nSPS) is 11.6. The van der Waals surface area contributed by atoms with Crippen molar-refractivity contribution >= 4 is 15.9 Å². The van der Waals surface area contributed by atoms with Gasteiger partial charge in [0.25, 0.3) is 5.91 Å². The summed E-state index contributed by atoms with van der Waals surface area (Å²) in [4.78, 5) is 16.7. The summed E-state index contributed by atoms with van der Waals surface area (Å²) in [5.41, 5.74) is 2.48. The third kappa shape index (κ3) is 3.78. The van der Waals surface area contributed by atoms with Crippen LogP contribution in [0.5, 0.6) is 0 Å². The molecule has 0 aromatic heterocycles. The fourth-order valence-corrected chi connectivity index (χ4v) is 3.21. The third-order valence-corrected chi connectivity index (χ3v) is 4.79. The van der Waals surface area contributed by atoms with Crippen molar-refractivity contribution in [2.24, 2.45) is 0 Å². The Kier molecular flexibility index (Phi) is 6.12. The lowest BCUT2D eigenvalue weighted by atomic mass is 10.2. The zero-order valence-electron chi connectivity index (χ0n) is 11.9. The first kappa shape index (κ1) is 16.6. The van der Waals surface area contributed by atoms with Crippen LogP contribution in [0.3, 0.4) is 0 Å². The largest absolute Gasteiger partial charge is 0.274 e. The van der Waals surface area contributed by atoms with Gasteiger partial charge in [0.05, 0.1) is 11.5 Å². The van der Waals surface area contributed by atoms with Gasteiger partial charge in [0.15, 0.2) is 0 Å². The average molecular weight is 300 g/mol. The molecule has 1 rings (SSSR count).